The van der Waals surface area contributed by atoms with Gasteiger partial charge in [0.1, 0.15) is 11.9 Å². The molecule has 1 fully saturated rings. The molecule has 24 heavy (non-hydrogen) atoms. The second kappa shape index (κ2) is 7.25. The summed E-state index contributed by atoms with van der Waals surface area (Å²) in [6.45, 7) is 5.87. The summed E-state index contributed by atoms with van der Waals surface area (Å²) in [5, 5.41) is 12.8. The number of hydrogen-bond donors (Lipinski definition) is 2. The first-order chi connectivity index (χ1) is 11.5. The number of anilines is 1. The second-order valence-corrected chi connectivity index (χ2v) is 6.99. The summed E-state index contributed by atoms with van der Waals surface area (Å²) in [6, 6.07) is 2.71. The highest BCUT2D eigenvalue weighted by Gasteiger charge is 2.30. The first kappa shape index (κ1) is 16.8. The molecule has 0 bridgehead atoms. The summed E-state index contributed by atoms with van der Waals surface area (Å²) in [4.78, 5) is 24.5. The summed E-state index contributed by atoms with van der Waals surface area (Å²) in [7, 11) is 0. The van der Waals surface area contributed by atoms with Crippen molar-refractivity contribution < 1.29 is 9.90 Å². The molecule has 2 aromatic rings. The predicted molar refractivity (Wildman–Crippen MR) is 92.7 cm³/mol. The molecule has 3 rings (SSSR count). The molecular formula is C16H21N5O2S. The highest BCUT2D eigenvalue weighted by molar-refractivity contribution is 7.09. The number of pyridine rings is 1. The van der Waals surface area contributed by atoms with Crippen LogP contribution in [0.15, 0.2) is 23.7 Å². The average molecular weight is 347 g/mol. The van der Waals surface area contributed by atoms with E-state index in [9.17, 15) is 9.90 Å². The van der Waals surface area contributed by atoms with Crippen LogP contribution in [0.4, 0.5) is 5.82 Å². The Kier molecular flexibility index (Phi) is 5.08. The second-order valence-electron chi connectivity index (χ2n) is 5.93. The molecule has 3 N–H and O–H groups in total. The van der Waals surface area contributed by atoms with Crippen molar-refractivity contribution in [3.63, 3.8) is 0 Å². The molecule has 0 aliphatic carbocycles. The highest BCUT2D eigenvalue weighted by atomic mass is 32.1. The van der Waals surface area contributed by atoms with E-state index in [-0.39, 0.29) is 0 Å². The minimum Gasteiger partial charge on any atom is -0.480 e. The average Bonchev–Trinajstić information content (AvgIpc) is 2.96. The van der Waals surface area contributed by atoms with Gasteiger partial charge in [0.05, 0.1) is 10.7 Å². The minimum absolute atomic E-state index is 0.395. The SMILES string of the molecule is Cc1nc(CN2CCN([C@@H](C(=O)O)c3ccc(N)nc3)CC2)cs1. The number of thiazole rings is 1. The van der Waals surface area contributed by atoms with Crippen molar-refractivity contribution >= 4 is 23.1 Å². The number of rotatable bonds is 5. The molecular weight excluding hydrogens is 326 g/mol. The van der Waals surface area contributed by atoms with E-state index in [0.717, 1.165) is 30.3 Å². The van der Waals surface area contributed by atoms with Gasteiger partial charge in [0.2, 0.25) is 0 Å². The Morgan fingerprint density at radius 3 is 2.67 bits per heavy atom. The van der Waals surface area contributed by atoms with Crippen LogP contribution < -0.4 is 5.73 Å². The highest BCUT2D eigenvalue weighted by Crippen LogP contribution is 2.23. The molecule has 0 unspecified atom stereocenters. The number of carbonyl (C=O) groups is 1. The Balaban J connectivity index is 1.63. The van der Waals surface area contributed by atoms with Gasteiger partial charge in [-0.2, -0.15) is 0 Å². The fourth-order valence-electron chi connectivity index (χ4n) is 2.98. The summed E-state index contributed by atoms with van der Waals surface area (Å²) in [5.74, 6) is -0.462. The molecule has 0 aromatic carbocycles. The lowest BCUT2D eigenvalue weighted by Crippen LogP contribution is -2.48. The summed E-state index contributed by atoms with van der Waals surface area (Å²) >= 11 is 1.66. The molecule has 1 atom stereocenters. The largest absolute Gasteiger partial charge is 0.480 e. The number of aromatic nitrogens is 2. The van der Waals surface area contributed by atoms with Crippen LogP contribution >= 0.6 is 11.3 Å². The Bertz CT molecular complexity index is 695. The van der Waals surface area contributed by atoms with Gasteiger partial charge in [-0.25, -0.2) is 9.97 Å². The number of hydrogen-bond acceptors (Lipinski definition) is 7. The van der Waals surface area contributed by atoms with Crippen LogP contribution in [0.3, 0.4) is 0 Å². The molecule has 7 nitrogen and oxygen atoms in total. The third-order valence-corrected chi connectivity index (χ3v) is 5.01. The number of nitrogens with zero attached hydrogens (tertiary/aromatic N) is 4. The smallest absolute Gasteiger partial charge is 0.325 e. The molecule has 0 spiro atoms. The molecule has 2 aromatic heterocycles. The first-order valence-electron chi connectivity index (χ1n) is 7.84. The van der Waals surface area contributed by atoms with Gasteiger partial charge in [-0.05, 0) is 18.6 Å². The Morgan fingerprint density at radius 1 is 1.38 bits per heavy atom. The molecule has 128 valence electrons. The normalized spacial score (nSPS) is 17.7. The third-order valence-electron chi connectivity index (χ3n) is 4.18. The van der Waals surface area contributed by atoms with Crippen molar-refractivity contribution in [3.8, 4) is 0 Å². The zero-order valence-electron chi connectivity index (χ0n) is 13.6. The van der Waals surface area contributed by atoms with Crippen molar-refractivity contribution in [3.05, 3.63) is 40.0 Å². The predicted octanol–water partition coefficient (Wildman–Crippen LogP) is 1.37. The fraction of sp³-hybridized carbons (Fsp3) is 0.438. The van der Waals surface area contributed by atoms with Crippen molar-refractivity contribution in [2.24, 2.45) is 0 Å². The molecule has 0 amide bonds. The number of carboxylic acids is 1. The molecule has 0 radical (unpaired) electrons. The molecule has 0 saturated carbocycles. The van der Waals surface area contributed by atoms with Crippen LogP contribution in [0.1, 0.15) is 22.3 Å². The third kappa shape index (κ3) is 3.89. The van der Waals surface area contributed by atoms with Crippen LogP contribution in [0.5, 0.6) is 0 Å². The zero-order chi connectivity index (χ0) is 17.1. The van der Waals surface area contributed by atoms with Crippen molar-refractivity contribution in [2.45, 2.75) is 19.5 Å². The van der Waals surface area contributed by atoms with Gasteiger partial charge < -0.3 is 10.8 Å². The van der Waals surface area contributed by atoms with Crippen LogP contribution in [-0.2, 0) is 11.3 Å². The Labute approximate surface area is 144 Å². The monoisotopic (exact) mass is 347 g/mol. The lowest BCUT2D eigenvalue weighted by atomic mass is 10.1. The van der Waals surface area contributed by atoms with Gasteiger partial charge in [-0.1, -0.05) is 6.07 Å². The van der Waals surface area contributed by atoms with Gasteiger partial charge in [0.15, 0.2) is 0 Å². The minimum atomic E-state index is -0.856. The van der Waals surface area contributed by atoms with E-state index >= 15 is 0 Å². The van der Waals surface area contributed by atoms with Gasteiger partial charge in [-0.3, -0.25) is 14.6 Å². The molecule has 3 heterocycles. The van der Waals surface area contributed by atoms with E-state index in [4.69, 9.17) is 5.73 Å². The van der Waals surface area contributed by atoms with E-state index in [2.05, 4.69) is 20.2 Å². The number of nitrogens with two attached hydrogens (primary N) is 1. The lowest BCUT2D eigenvalue weighted by molar-refractivity contribution is -0.144. The van der Waals surface area contributed by atoms with Gasteiger partial charge in [-0.15, -0.1) is 11.3 Å². The van der Waals surface area contributed by atoms with E-state index in [1.165, 1.54) is 0 Å². The molecule has 1 aliphatic rings. The maximum atomic E-state index is 11.7. The summed E-state index contributed by atoms with van der Waals surface area (Å²) in [5.41, 5.74) is 7.34. The molecule has 1 saturated heterocycles. The lowest BCUT2D eigenvalue weighted by Gasteiger charge is -2.37. The number of nitrogen functional groups attached to an aromatic ring is 1. The number of aryl methyl sites for hydroxylation is 1. The van der Waals surface area contributed by atoms with Crippen LogP contribution in [0, 0.1) is 6.92 Å². The number of aliphatic carboxylic acids is 1. The quantitative estimate of drug-likeness (QED) is 0.843. The Morgan fingerprint density at radius 2 is 2.12 bits per heavy atom. The summed E-state index contributed by atoms with van der Waals surface area (Å²) < 4.78 is 0. The standard InChI is InChI=1S/C16H21N5O2S/c1-11-19-13(10-24-11)9-20-4-6-21(7-5-20)15(16(22)23)12-2-3-14(17)18-8-12/h2-3,8,10,15H,4-7,9H2,1H3,(H2,17,18)(H,22,23)/t15-/m1/s1. The molecule has 8 heteroatoms. The van der Waals surface area contributed by atoms with Crippen molar-refractivity contribution in [1.29, 1.82) is 0 Å². The van der Waals surface area contributed by atoms with E-state index in [1.807, 2.05) is 11.8 Å². The number of piperazine rings is 1. The Hall–Kier alpha value is -2.03. The van der Waals surface area contributed by atoms with Crippen molar-refractivity contribution in [1.82, 2.24) is 19.8 Å². The van der Waals surface area contributed by atoms with Crippen molar-refractivity contribution in [2.75, 3.05) is 31.9 Å². The maximum absolute atomic E-state index is 11.7. The molecule has 1 aliphatic heterocycles. The van der Waals surface area contributed by atoms with Gasteiger partial charge in [0, 0.05) is 44.3 Å². The maximum Gasteiger partial charge on any atom is 0.325 e. The van der Waals surface area contributed by atoms with E-state index in [1.54, 1.807) is 29.7 Å². The van der Waals surface area contributed by atoms with E-state index in [0.29, 0.717) is 24.5 Å². The summed E-state index contributed by atoms with van der Waals surface area (Å²) in [6.07, 6.45) is 1.55. The topological polar surface area (TPSA) is 95.6 Å². The van der Waals surface area contributed by atoms with Crippen LogP contribution in [0.2, 0.25) is 0 Å². The van der Waals surface area contributed by atoms with Crippen LogP contribution in [-0.4, -0.2) is 57.0 Å². The first-order valence-corrected chi connectivity index (χ1v) is 8.72. The fourth-order valence-corrected chi connectivity index (χ4v) is 3.58. The van der Waals surface area contributed by atoms with E-state index < -0.39 is 12.0 Å². The zero-order valence-corrected chi connectivity index (χ0v) is 14.4. The van der Waals surface area contributed by atoms with Crippen LogP contribution in [0.25, 0.3) is 0 Å². The number of carboxylic acid groups (broad SMARTS) is 1. The van der Waals surface area contributed by atoms with Gasteiger partial charge in [0.25, 0.3) is 0 Å². The van der Waals surface area contributed by atoms with Gasteiger partial charge >= 0.3 is 5.97 Å².